The quantitative estimate of drug-likeness (QED) is 0.551. The van der Waals surface area contributed by atoms with Crippen LogP contribution >= 0.6 is 0 Å². The Bertz CT molecular complexity index is 361. The molecule has 86 valence electrons. The van der Waals surface area contributed by atoms with E-state index in [2.05, 4.69) is 9.78 Å². The van der Waals surface area contributed by atoms with E-state index in [1.165, 1.54) is 12.1 Å². The van der Waals surface area contributed by atoms with Crippen molar-refractivity contribution < 1.29 is 29.6 Å². The lowest BCUT2D eigenvalue weighted by Crippen LogP contribution is -2.26. The normalized spacial score (nSPS) is 11.8. The molecule has 1 aromatic carbocycles. The number of aliphatic hydroxyl groups excluding tert-OH is 1. The van der Waals surface area contributed by atoms with Crippen molar-refractivity contribution >= 4 is 11.9 Å². The molecule has 0 spiro atoms. The average Bonchev–Trinajstić information content (AvgIpc) is 2.29. The Morgan fingerprint density at radius 1 is 1.25 bits per heavy atom. The third-order valence-electron chi connectivity index (χ3n) is 1.66. The van der Waals surface area contributed by atoms with E-state index in [0.717, 1.165) is 0 Å². The third-order valence-corrected chi connectivity index (χ3v) is 1.66. The smallest absolute Gasteiger partial charge is 0.373 e. The molecular weight excluding hydrogens is 216 g/mol. The van der Waals surface area contributed by atoms with Gasteiger partial charge in [0.15, 0.2) is 6.10 Å². The summed E-state index contributed by atoms with van der Waals surface area (Å²) in [5, 5.41) is 17.1. The molecule has 0 amide bonds. The number of carboxylic acid groups (broad SMARTS) is 1. The first-order valence-electron chi connectivity index (χ1n) is 4.41. The zero-order valence-electron chi connectivity index (χ0n) is 8.20. The number of aliphatic carboxylic acids is 1. The maximum absolute atomic E-state index is 11.2. The van der Waals surface area contributed by atoms with Gasteiger partial charge in [-0.15, -0.1) is 0 Å². The number of rotatable bonds is 5. The summed E-state index contributed by atoms with van der Waals surface area (Å²) in [5.41, 5.74) is 0.271. The maximum Gasteiger partial charge on any atom is 0.373 e. The summed E-state index contributed by atoms with van der Waals surface area (Å²) in [6.07, 6.45) is -1.72. The highest BCUT2D eigenvalue weighted by Gasteiger charge is 2.15. The van der Waals surface area contributed by atoms with Crippen LogP contribution in [0.1, 0.15) is 10.4 Å². The summed E-state index contributed by atoms with van der Waals surface area (Å²) in [4.78, 5) is 30.0. The van der Waals surface area contributed by atoms with E-state index in [4.69, 9.17) is 10.2 Å². The average molecular weight is 226 g/mol. The Morgan fingerprint density at radius 2 is 1.88 bits per heavy atom. The van der Waals surface area contributed by atoms with Crippen LogP contribution in [0.4, 0.5) is 0 Å². The summed E-state index contributed by atoms with van der Waals surface area (Å²) in [5.74, 6) is -2.20. The van der Waals surface area contributed by atoms with Crippen molar-refractivity contribution in [3.63, 3.8) is 0 Å². The second-order valence-electron chi connectivity index (χ2n) is 2.88. The van der Waals surface area contributed by atoms with E-state index < -0.39 is 24.6 Å². The molecule has 1 rings (SSSR count). The molecule has 0 saturated heterocycles. The summed E-state index contributed by atoms with van der Waals surface area (Å²) in [6.45, 7) is -0.617. The predicted molar refractivity (Wildman–Crippen MR) is 51.5 cm³/mol. The van der Waals surface area contributed by atoms with Crippen molar-refractivity contribution in [2.45, 2.75) is 6.10 Å². The van der Waals surface area contributed by atoms with Crippen LogP contribution < -0.4 is 0 Å². The fraction of sp³-hybridized carbons (Fsp3) is 0.200. The van der Waals surface area contributed by atoms with Crippen LogP contribution in [0.25, 0.3) is 0 Å². The van der Waals surface area contributed by atoms with Gasteiger partial charge in [-0.05, 0) is 12.1 Å². The highest BCUT2D eigenvalue weighted by molar-refractivity contribution is 5.88. The van der Waals surface area contributed by atoms with Gasteiger partial charge in [-0.25, -0.2) is 9.59 Å². The number of carbonyl (C=O) groups is 2. The van der Waals surface area contributed by atoms with Crippen LogP contribution in [-0.4, -0.2) is 34.9 Å². The second kappa shape index (κ2) is 5.84. The molecule has 0 saturated carbocycles. The lowest BCUT2D eigenvalue weighted by atomic mass is 10.2. The van der Waals surface area contributed by atoms with Crippen molar-refractivity contribution in [3.05, 3.63) is 35.9 Å². The van der Waals surface area contributed by atoms with Gasteiger partial charge in [-0.1, -0.05) is 18.2 Å². The van der Waals surface area contributed by atoms with Crippen LogP contribution in [0, 0.1) is 0 Å². The molecule has 0 bridgehead atoms. The third kappa shape index (κ3) is 3.68. The number of benzene rings is 1. The van der Waals surface area contributed by atoms with Crippen LogP contribution in [0.3, 0.4) is 0 Å². The predicted octanol–water partition coefficient (Wildman–Crippen LogP) is 0.220. The van der Waals surface area contributed by atoms with Gasteiger partial charge in [0.25, 0.3) is 0 Å². The maximum atomic E-state index is 11.2. The number of carboxylic acids is 1. The fourth-order valence-corrected chi connectivity index (χ4v) is 0.846. The monoisotopic (exact) mass is 226 g/mol. The Hall–Kier alpha value is -1.92. The number of aliphatic hydroxyl groups is 1. The summed E-state index contributed by atoms with van der Waals surface area (Å²) in [7, 11) is 0. The zero-order valence-corrected chi connectivity index (χ0v) is 8.20. The van der Waals surface area contributed by atoms with E-state index in [1.807, 2.05) is 0 Å². The van der Waals surface area contributed by atoms with E-state index in [0.29, 0.717) is 0 Å². The molecule has 1 aromatic rings. The zero-order chi connectivity index (χ0) is 12.0. The lowest BCUT2D eigenvalue weighted by molar-refractivity contribution is -0.254. The number of hydrogen-bond donors (Lipinski definition) is 2. The molecule has 0 aromatic heterocycles. The van der Waals surface area contributed by atoms with Crippen molar-refractivity contribution in [1.29, 1.82) is 0 Å². The number of hydrogen-bond acceptors (Lipinski definition) is 5. The molecule has 0 aliphatic carbocycles. The first-order chi connectivity index (χ1) is 7.61. The Balaban J connectivity index is 2.34. The van der Waals surface area contributed by atoms with E-state index in [1.54, 1.807) is 18.2 Å². The van der Waals surface area contributed by atoms with Crippen LogP contribution in [0.5, 0.6) is 0 Å². The fourth-order valence-electron chi connectivity index (χ4n) is 0.846. The van der Waals surface area contributed by atoms with E-state index in [-0.39, 0.29) is 5.56 Å². The Morgan fingerprint density at radius 3 is 2.44 bits per heavy atom. The molecule has 2 N–H and O–H groups in total. The van der Waals surface area contributed by atoms with Crippen molar-refractivity contribution in [2.75, 3.05) is 6.61 Å². The molecular formula is C10H10O6. The highest BCUT2D eigenvalue weighted by Crippen LogP contribution is 2.01. The van der Waals surface area contributed by atoms with Gasteiger partial charge in [-0.3, -0.25) is 4.89 Å². The van der Waals surface area contributed by atoms with Crippen LogP contribution in [-0.2, 0) is 14.6 Å². The van der Waals surface area contributed by atoms with Gasteiger partial charge in [0, 0.05) is 0 Å². The molecule has 16 heavy (non-hydrogen) atoms. The topological polar surface area (TPSA) is 93.1 Å². The van der Waals surface area contributed by atoms with Gasteiger partial charge < -0.3 is 10.2 Å². The first-order valence-corrected chi connectivity index (χ1v) is 4.41. The summed E-state index contributed by atoms with van der Waals surface area (Å²) >= 11 is 0. The van der Waals surface area contributed by atoms with Gasteiger partial charge in [0.1, 0.15) is 6.61 Å². The van der Waals surface area contributed by atoms with Gasteiger partial charge in [-0.2, -0.15) is 4.89 Å². The lowest BCUT2D eigenvalue weighted by Gasteiger charge is -2.05. The Labute approximate surface area is 91.0 Å². The standard InChI is InChI=1S/C10H10O6/c11-8(9(12)13)6-15-16-10(14)7-4-2-1-3-5-7/h1-5,8,11H,6H2,(H,12,13). The van der Waals surface area contributed by atoms with Crippen LogP contribution in [0.15, 0.2) is 30.3 Å². The number of carbonyl (C=O) groups excluding carboxylic acids is 1. The minimum Gasteiger partial charge on any atom is -0.479 e. The minimum atomic E-state index is -1.72. The Kier molecular flexibility index (Phi) is 4.43. The molecule has 1 unspecified atom stereocenters. The molecule has 6 nitrogen and oxygen atoms in total. The molecule has 0 radical (unpaired) electrons. The SMILES string of the molecule is O=C(OOCC(O)C(=O)O)c1ccccc1. The molecule has 0 aliphatic rings. The van der Waals surface area contributed by atoms with E-state index >= 15 is 0 Å². The molecule has 0 aliphatic heterocycles. The molecule has 1 atom stereocenters. The summed E-state index contributed by atoms with van der Waals surface area (Å²) < 4.78 is 0. The molecule has 0 heterocycles. The van der Waals surface area contributed by atoms with Gasteiger partial charge in [0.05, 0.1) is 5.56 Å². The van der Waals surface area contributed by atoms with Gasteiger partial charge >= 0.3 is 11.9 Å². The van der Waals surface area contributed by atoms with Crippen molar-refractivity contribution in [1.82, 2.24) is 0 Å². The largest absolute Gasteiger partial charge is 0.479 e. The van der Waals surface area contributed by atoms with Crippen molar-refractivity contribution in [2.24, 2.45) is 0 Å². The second-order valence-corrected chi connectivity index (χ2v) is 2.88. The minimum absolute atomic E-state index is 0.271. The molecule has 0 fully saturated rings. The highest BCUT2D eigenvalue weighted by atomic mass is 17.2. The first kappa shape index (κ1) is 12.2. The molecule has 6 heteroatoms. The van der Waals surface area contributed by atoms with Crippen LogP contribution in [0.2, 0.25) is 0 Å². The van der Waals surface area contributed by atoms with Crippen molar-refractivity contribution in [3.8, 4) is 0 Å². The van der Waals surface area contributed by atoms with Gasteiger partial charge in [0.2, 0.25) is 0 Å². The van der Waals surface area contributed by atoms with E-state index in [9.17, 15) is 9.59 Å². The summed E-state index contributed by atoms with van der Waals surface area (Å²) in [6, 6.07) is 8.04.